The van der Waals surface area contributed by atoms with Gasteiger partial charge in [0.2, 0.25) is 0 Å². The summed E-state index contributed by atoms with van der Waals surface area (Å²) in [5.74, 6) is 0. The molecule has 0 aliphatic rings. The van der Waals surface area contributed by atoms with Crippen molar-refractivity contribution in [3.63, 3.8) is 0 Å². The largest absolute Gasteiger partial charge is 0.396 e. The van der Waals surface area contributed by atoms with E-state index in [2.05, 4.69) is 0 Å². The van der Waals surface area contributed by atoms with Gasteiger partial charge in [0.15, 0.2) is 0 Å². The Kier molecular flexibility index (Phi) is 12.1. The van der Waals surface area contributed by atoms with Crippen LogP contribution >= 0.6 is 0 Å². The predicted octanol–water partition coefficient (Wildman–Crippen LogP) is -3.15. The van der Waals surface area contributed by atoms with Crippen molar-refractivity contribution in [2.24, 2.45) is 5.73 Å². The van der Waals surface area contributed by atoms with Crippen LogP contribution in [-0.2, 0) is 0 Å². The number of rotatable bonds is 13. The van der Waals surface area contributed by atoms with Gasteiger partial charge in [-0.15, -0.1) is 0 Å². The van der Waals surface area contributed by atoms with Gasteiger partial charge in [-0.05, 0) is 32.4 Å². The van der Waals surface area contributed by atoms with Crippen LogP contribution in [-0.4, -0.2) is 99.3 Å². The minimum Gasteiger partial charge on any atom is -0.396 e. The van der Waals surface area contributed by atoms with Crippen molar-refractivity contribution in [3.05, 3.63) is 0 Å². The highest BCUT2D eigenvalue weighted by Crippen LogP contribution is 2.06. The third kappa shape index (κ3) is 9.33. The Balaban J connectivity index is 4.32. The Morgan fingerprint density at radius 1 is 0.905 bits per heavy atom. The number of aliphatic hydroxyl groups excluding tert-OH is 6. The lowest BCUT2D eigenvalue weighted by Gasteiger charge is -2.29. The van der Waals surface area contributed by atoms with E-state index in [0.29, 0.717) is 38.9 Å². The number of hydrogen-bond acceptors (Lipinski definition) is 8. The lowest BCUT2D eigenvalue weighted by Crippen LogP contribution is -2.46. The second kappa shape index (κ2) is 12.2. The van der Waals surface area contributed by atoms with Crippen LogP contribution in [0.25, 0.3) is 0 Å². The molecule has 0 aromatic heterocycles. The lowest BCUT2D eigenvalue weighted by atomic mass is 10.1. The van der Waals surface area contributed by atoms with Gasteiger partial charge in [-0.25, -0.2) is 0 Å². The van der Waals surface area contributed by atoms with E-state index in [1.54, 1.807) is 0 Å². The molecule has 0 spiro atoms. The molecule has 8 heteroatoms. The molecule has 128 valence electrons. The molecule has 0 saturated carbocycles. The van der Waals surface area contributed by atoms with Gasteiger partial charge in [0.05, 0.1) is 18.8 Å². The van der Waals surface area contributed by atoms with Crippen molar-refractivity contribution in [1.82, 2.24) is 4.90 Å². The first kappa shape index (κ1) is 20.7. The fourth-order valence-corrected chi connectivity index (χ4v) is 1.97. The molecule has 0 bridgehead atoms. The van der Waals surface area contributed by atoms with Gasteiger partial charge < -0.3 is 41.3 Å². The first-order valence-electron chi connectivity index (χ1n) is 7.32. The first-order valence-corrected chi connectivity index (χ1v) is 7.32. The highest BCUT2D eigenvalue weighted by molar-refractivity contribution is 4.78. The molecule has 4 atom stereocenters. The van der Waals surface area contributed by atoms with E-state index in [0.717, 1.165) is 0 Å². The van der Waals surface area contributed by atoms with Crippen LogP contribution < -0.4 is 5.73 Å². The van der Waals surface area contributed by atoms with Crippen molar-refractivity contribution in [1.29, 1.82) is 0 Å². The topological polar surface area (TPSA) is 151 Å². The maximum absolute atomic E-state index is 9.86. The van der Waals surface area contributed by atoms with Gasteiger partial charge in [-0.2, -0.15) is 0 Å². The normalized spacial score (nSPS) is 17.7. The second-order valence-corrected chi connectivity index (χ2v) is 5.21. The van der Waals surface area contributed by atoms with Gasteiger partial charge in [0.1, 0.15) is 12.2 Å². The van der Waals surface area contributed by atoms with Crippen molar-refractivity contribution in [2.75, 3.05) is 39.4 Å². The molecule has 8 nitrogen and oxygen atoms in total. The lowest BCUT2D eigenvalue weighted by molar-refractivity contribution is -0.0846. The molecular weight excluding hydrogens is 280 g/mol. The molecule has 0 amide bonds. The van der Waals surface area contributed by atoms with E-state index < -0.39 is 31.0 Å². The van der Waals surface area contributed by atoms with Gasteiger partial charge in [-0.3, -0.25) is 0 Å². The summed E-state index contributed by atoms with van der Waals surface area (Å²) in [6, 6.07) is 0. The van der Waals surface area contributed by atoms with Crippen LogP contribution in [0, 0.1) is 0 Å². The van der Waals surface area contributed by atoms with Crippen molar-refractivity contribution in [3.8, 4) is 0 Å². The zero-order valence-electron chi connectivity index (χ0n) is 12.4. The Morgan fingerprint density at radius 3 is 2.10 bits per heavy atom. The van der Waals surface area contributed by atoms with Crippen molar-refractivity contribution < 1.29 is 30.6 Å². The maximum Gasteiger partial charge on any atom is 0.109 e. The van der Waals surface area contributed by atoms with E-state index in [1.807, 2.05) is 4.90 Å². The van der Waals surface area contributed by atoms with Crippen molar-refractivity contribution in [2.45, 2.75) is 43.7 Å². The number of aliphatic hydroxyl groups is 6. The second-order valence-electron chi connectivity index (χ2n) is 5.21. The summed E-state index contributed by atoms with van der Waals surface area (Å²) in [5, 5.41) is 55.9. The minimum absolute atomic E-state index is 0.0893. The van der Waals surface area contributed by atoms with E-state index in [9.17, 15) is 20.4 Å². The molecule has 0 aliphatic heterocycles. The monoisotopic (exact) mass is 310 g/mol. The highest BCUT2D eigenvalue weighted by atomic mass is 16.4. The van der Waals surface area contributed by atoms with E-state index >= 15 is 0 Å². The summed E-state index contributed by atoms with van der Waals surface area (Å²) in [7, 11) is 0. The molecule has 0 aliphatic carbocycles. The Bertz CT molecular complexity index is 247. The van der Waals surface area contributed by atoms with Gasteiger partial charge >= 0.3 is 0 Å². The molecule has 0 rings (SSSR count). The van der Waals surface area contributed by atoms with Crippen LogP contribution in [0.3, 0.4) is 0 Å². The number of hydrogen-bond donors (Lipinski definition) is 7. The summed E-state index contributed by atoms with van der Waals surface area (Å²) >= 11 is 0. The summed E-state index contributed by atoms with van der Waals surface area (Å²) < 4.78 is 0. The van der Waals surface area contributed by atoms with Crippen LogP contribution in [0.15, 0.2) is 0 Å². The summed E-state index contributed by atoms with van der Waals surface area (Å²) in [6.45, 7) is 0.920. The minimum atomic E-state index is -1.43. The fraction of sp³-hybridized carbons (Fsp3) is 1.00. The number of nitrogens with zero attached hydrogens (tertiary/aromatic N) is 1. The molecule has 0 heterocycles. The van der Waals surface area contributed by atoms with Gasteiger partial charge in [-0.1, -0.05) is 0 Å². The van der Waals surface area contributed by atoms with E-state index in [-0.39, 0.29) is 13.2 Å². The van der Waals surface area contributed by atoms with Gasteiger partial charge in [0.25, 0.3) is 0 Å². The molecule has 0 saturated heterocycles. The Labute approximate surface area is 125 Å². The molecule has 21 heavy (non-hydrogen) atoms. The van der Waals surface area contributed by atoms with Crippen LogP contribution in [0.4, 0.5) is 0 Å². The average molecular weight is 310 g/mol. The molecule has 0 fully saturated rings. The van der Waals surface area contributed by atoms with E-state index in [4.69, 9.17) is 15.9 Å². The van der Waals surface area contributed by atoms with Crippen LogP contribution in [0.2, 0.25) is 0 Å². The quantitative estimate of drug-likeness (QED) is 0.188. The van der Waals surface area contributed by atoms with Gasteiger partial charge in [0, 0.05) is 19.7 Å². The third-order valence-electron chi connectivity index (χ3n) is 3.34. The Hall–Kier alpha value is -0.320. The maximum atomic E-state index is 9.86. The summed E-state index contributed by atoms with van der Waals surface area (Å²) in [5.41, 5.74) is 5.45. The Morgan fingerprint density at radius 2 is 1.57 bits per heavy atom. The fourth-order valence-electron chi connectivity index (χ4n) is 1.97. The van der Waals surface area contributed by atoms with Crippen LogP contribution in [0.5, 0.6) is 0 Å². The smallest absolute Gasteiger partial charge is 0.109 e. The highest BCUT2D eigenvalue weighted by Gasteiger charge is 2.25. The molecule has 8 N–H and O–H groups in total. The average Bonchev–Trinajstić information content (AvgIpc) is 2.48. The zero-order valence-corrected chi connectivity index (χ0v) is 12.4. The molecule has 0 aromatic carbocycles. The molecule has 0 radical (unpaired) electrons. The standard InChI is InChI=1S/C13H30N2O6/c14-4-1-5-15(6-2-10(18)3-7-16)8-11(19)13(21)12(20)9-17/h10-13,16-21H,1-9,14H2/t10?,11-,12?,13+/m0/s1. The molecular formula is C13H30N2O6. The third-order valence-corrected chi connectivity index (χ3v) is 3.34. The zero-order chi connectivity index (χ0) is 16.3. The van der Waals surface area contributed by atoms with Crippen molar-refractivity contribution >= 4 is 0 Å². The number of nitrogens with two attached hydrogens (primary N) is 1. The predicted molar refractivity (Wildman–Crippen MR) is 77.5 cm³/mol. The summed E-state index contributed by atoms with van der Waals surface area (Å²) in [4.78, 5) is 1.82. The van der Waals surface area contributed by atoms with E-state index in [1.165, 1.54) is 0 Å². The summed E-state index contributed by atoms with van der Waals surface area (Å²) in [6.07, 6.45) is -3.24. The molecule has 0 aromatic rings. The first-order chi connectivity index (χ1) is 9.96. The SMILES string of the molecule is NCCCN(CCC(O)CCO)C[C@H](O)[C@@H](O)C(O)CO. The van der Waals surface area contributed by atoms with Crippen LogP contribution in [0.1, 0.15) is 19.3 Å². The molecule has 2 unspecified atom stereocenters.